The van der Waals surface area contributed by atoms with Crippen LogP contribution in [-0.2, 0) is 12.1 Å². The van der Waals surface area contributed by atoms with Gasteiger partial charge >= 0.3 is 0 Å². The molecule has 0 saturated carbocycles. The van der Waals surface area contributed by atoms with Crippen LogP contribution >= 0.6 is 35.3 Å². The lowest BCUT2D eigenvalue weighted by atomic mass is 10.1. The molecule has 1 unspecified atom stereocenters. The minimum absolute atomic E-state index is 0. The fourth-order valence-electron chi connectivity index (χ4n) is 3.03. The van der Waals surface area contributed by atoms with Gasteiger partial charge in [-0.15, -0.1) is 35.3 Å². The average molecular weight is 561 g/mol. The Morgan fingerprint density at radius 2 is 1.87 bits per heavy atom. The minimum atomic E-state index is -0.949. The molecule has 0 amide bonds. The number of aliphatic imine (C=N–C) groups is 1. The van der Waals surface area contributed by atoms with Gasteiger partial charge < -0.3 is 25.4 Å². The maximum Gasteiger partial charge on any atom is 0.191 e. The molecule has 1 heterocycles. The predicted molar refractivity (Wildman–Crippen MR) is 142 cm³/mol. The van der Waals surface area contributed by atoms with E-state index in [1.54, 1.807) is 11.3 Å². The van der Waals surface area contributed by atoms with Crippen molar-refractivity contribution in [1.82, 2.24) is 15.5 Å². The van der Waals surface area contributed by atoms with Crippen LogP contribution in [0.1, 0.15) is 38.1 Å². The van der Waals surface area contributed by atoms with E-state index in [-0.39, 0.29) is 24.0 Å². The lowest BCUT2D eigenvalue weighted by Gasteiger charge is -2.23. The molecule has 0 radical (unpaired) electrons. The van der Waals surface area contributed by atoms with E-state index in [4.69, 9.17) is 9.73 Å². The first-order valence-corrected chi connectivity index (χ1v) is 11.6. The summed E-state index contributed by atoms with van der Waals surface area (Å²) in [6.45, 7) is 13.4. The number of guanidine groups is 1. The molecule has 2 rings (SSSR count). The molecule has 2 aromatic rings. The lowest BCUT2D eigenvalue weighted by Crippen LogP contribution is -2.44. The zero-order valence-corrected chi connectivity index (χ0v) is 22.2. The van der Waals surface area contributed by atoms with Gasteiger partial charge in [-0.2, -0.15) is 0 Å². The minimum Gasteiger partial charge on any atom is -0.492 e. The highest BCUT2D eigenvalue weighted by Gasteiger charge is 2.24. The molecular weight excluding hydrogens is 523 g/mol. The molecule has 31 heavy (non-hydrogen) atoms. The Morgan fingerprint density at radius 1 is 1.13 bits per heavy atom. The van der Waals surface area contributed by atoms with Crippen LogP contribution in [-0.4, -0.2) is 55.3 Å². The van der Waals surface area contributed by atoms with Crippen LogP contribution in [0.4, 0.5) is 0 Å². The molecule has 0 bridgehead atoms. The van der Waals surface area contributed by atoms with Gasteiger partial charge in [0.25, 0.3) is 0 Å². The number of halogens is 1. The summed E-state index contributed by atoms with van der Waals surface area (Å²) in [5.41, 5.74) is 0.0924. The maximum absolute atomic E-state index is 10.7. The van der Waals surface area contributed by atoms with E-state index in [0.29, 0.717) is 25.7 Å². The van der Waals surface area contributed by atoms with Crippen molar-refractivity contribution in [1.29, 1.82) is 0 Å². The van der Waals surface area contributed by atoms with Crippen molar-refractivity contribution < 1.29 is 9.84 Å². The van der Waals surface area contributed by atoms with E-state index in [2.05, 4.69) is 29.4 Å². The van der Waals surface area contributed by atoms with Crippen LogP contribution in [0, 0.1) is 0 Å². The molecule has 1 aromatic carbocycles. The third kappa shape index (κ3) is 9.34. The summed E-state index contributed by atoms with van der Waals surface area (Å²) in [6.07, 6.45) is 0. The molecule has 6 nitrogen and oxygen atoms in total. The van der Waals surface area contributed by atoms with E-state index < -0.39 is 5.60 Å². The van der Waals surface area contributed by atoms with Gasteiger partial charge in [0.15, 0.2) is 5.96 Å². The zero-order chi connectivity index (χ0) is 21.8. The van der Waals surface area contributed by atoms with Crippen LogP contribution in [0.2, 0.25) is 0 Å². The van der Waals surface area contributed by atoms with Crippen LogP contribution in [0.25, 0.3) is 0 Å². The Labute approximate surface area is 208 Å². The smallest absolute Gasteiger partial charge is 0.191 e. The molecule has 0 spiro atoms. The average Bonchev–Trinajstić information content (AvgIpc) is 3.30. The van der Waals surface area contributed by atoms with Gasteiger partial charge in [0.1, 0.15) is 18.0 Å². The second kappa shape index (κ2) is 14.7. The van der Waals surface area contributed by atoms with Crippen molar-refractivity contribution in [2.45, 2.75) is 39.8 Å². The van der Waals surface area contributed by atoms with Gasteiger partial charge in [-0.1, -0.05) is 38.1 Å². The fourth-order valence-corrected chi connectivity index (χ4v) is 3.82. The molecule has 0 aliphatic rings. The van der Waals surface area contributed by atoms with Gasteiger partial charge in [-0.3, -0.25) is 0 Å². The van der Waals surface area contributed by atoms with Gasteiger partial charge in [0.2, 0.25) is 0 Å². The lowest BCUT2D eigenvalue weighted by molar-refractivity contribution is 0.0655. The van der Waals surface area contributed by atoms with E-state index in [1.807, 2.05) is 55.6 Å². The SMILES string of the molecule is CCNC(=NCc1ccccc1OCCN(CC)CC)NCC(C)(O)c1cccs1.I. The summed E-state index contributed by atoms with van der Waals surface area (Å²) in [4.78, 5) is 7.97. The molecule has 8 heteroatoms. The predicted octanol–water partition coefficient (Wildman–Crippen LogP) is 4.05. The van der Waals surface area contributed by atoms with Gasteiger partial charge in [0.05, 0.1) is 13.1 Å². The number of hydrogen-bond donors (Lipinski definition) is 3. The highest BCUT2D eigenvalue weighted by atomic mass is 127. The summed E-state index contributed by atoms with van der Waals surface area (Å²) in [6, 6.07) is 11.9. The van der Waals surface area contributed by atoms with Crippen molar-refractivity contribution in [3.05, 3.63) is 52.2 Å². The molecule has 0 aliphatic heterocycles. The second-order valence-corrected chi connectivity index (χ2v) is 8.23. The molecular formula is C23H37IN4O2S. The number of hydrogen-bond acceptors (Lipinski definition) is 5. The molecule has 1 atom stereocenters. The first kappa shape index (κ1) is 27.7. The van der Waals surface area contributed by atoms with Gasteiger partial charge in [-0.05, 0) is 44.4 Å². The molecule has 0 fully saturated rings. The van der Waals surface area contributed by atoms with Crippen LogP contribution in [0.3, 0.4) is 0 Å². The first-order valence-electron chi connectivity index (χ1n) is 10.7. The maximum atomic E-state index is 10.7. The molecule has 1 aromatic heterocycles. The third-order valence-electron chi connectivity index (χ3n) is 4.94. The summed E-state index contributed by atoms with van der Waals surface area (Å²) >= 11 is 1.55. The molecule has 0 aliphatic carbocycles. The number of para-hydroxylation sites is 1. The van der Waals surface area contributed by atoms with E-state index in [0.717, 1.165) is 42.4 Å². The number of benzene rings is 1. The van der Waals surface area contributed by atoms with Crippen LogP contribution < -0.4 is 15.4 Å². The normalized spacial score (nSPS) is 13.4. The highest BCUT2D eigenvalue weighted by Crippen LogP contribution is 2.24. The largest absolute Gasteiger partial charge is 0.492 e. The number of rotatable bonds is 12. The summed E-state index contributed by atoms with van der Waals surface area (Å²) in [5, 5.41) is 19.2. The summed E-state index contributed by atoms with van der Waals surface area (Å²) in [7, 11) is 0. The number of aliphatic hydroxyl groups is 1. The molecule has 3 N–H and O–H groups in total. The van der Waals surface area contributed by atoms with Crippen molar-refractivity contribution in [2.24, 2.45) is 4.99 Å². The monoisotopic (exact) mass is 560 g/mol. The Bertz CT molecular complexity index is 765. The number of nitrogens with zero attached hydrogens (tertiary/aromatic N) is 2. The second-order valence-electron chi connectivity index (χ2n) is 7.28. The van der Waals surface area contributed by atoms with Gasteiger partial charge in [0, 0.05) is 23.5 Å². The highest BCUT2D eigenvalue weighted by molar-refractivity contribution is 14.0. The number of nitrogens with one attached hydrogen (secondary N) is 2. The quantitative estimate of drug-likeness (QED) is 0.208. The zero-order valence-electron chi connectivity index (χ0n) is 19.1. The summed E-state index contributed by atoms with van der Waals surface area (Å²) < 4.78 is 6.04. The van der Waals surface area contributed by atoms with Crippen molar-refractivity contribution in [3.63, 3.8) is 0 Å². The standard InChI is InChI=1S/C23H36N4O2S.HI/c1-5-24-22(26-18-23(4,28)21-13-10-16-30-21)25-17-19-11-8-9-12-20(19)29-15-14-27(6-2)7-3;/h8-13,16,28H,5-7,14-15,17-18H2,1-4H3,(H2,24,25,26);1H. The Kier molecular flexibility index (Phi) is 13.1. The van der Waals surface area contributed by atoms with Crippen LogP contribution in [0.5, 0.6) is 5.75 Å². The molecule has 174 valence electrons. The first-order chi connectivity index (χ1) is 14.5. The number of ether oxygens (including phenoxy) is 1. The third-order valence-corrected chi connectivity index (χ3v) is 6.06. The van der Waals surface area contributed by atoms with Crippen LogP contribution in [0.15, 0.2) is 46.8 Å². The number of thiophene rings is 1. The topological polar surface area (TPSA) is 69.1 Å². The molecule has 0 saturated heterocycles. The van der Waals surface area contributed by atoms with Crippen molar-refractivity contribution in [3.8, 4) is 5.75 Å². The Hall–Kier alpha value is -1.36. The van der Waals surface area contributed by atoms with E-state index in [9.17, 15) is 5.11 Å². The fraction of sp³-hybridized carbons (Fsp3) is 0.522. The summed E-state index contributed by atoms with van der Waals surface area (Å²) in [5.74, 6) is 1.54. The van der Waals surface area contributed by atoms with E-state index >= 15 is 0 Å². The van der Waals surface area contributed by atoms with E-state index in [1.165, 1.54) is 0 Å². The number of likely N-dealkylation sites (N-methyl/N-ethyl adjacent to an activating group) is 1. The Balaban J connectivity index is 0.00000480. The van der Waals surface area contributed by atoms with Gasteiger partial charge in [-0.25, -0.2) is 4.99 Å². The van der Waals surface area contributed by atoms with Crippen molar-refractivity contribution in [2.75, 3.05) is 39.3 Å². The Morgan fingerprint density at radius 3 is 2.52 bits per heavy atom. The van der Waals surface area contributed by atoms with Crippen molar-refractivity contribution >= 4 is 41.3 Å².